The summed E-state index contributed by atoms with van der Waals surface area (Å²) in [5, 5.41) is 5.25. The van der Waals surface area contributed by atoms with Crippen molar-refractivity contribution in [2.24, 2.45) is 0 Å². The fourth-order valence-electron chi connectivity index (χ4n) is 3.80. The van der Waals surface area contributed by atoms with Crippen LogP contribution < -0.4 is 9.47 Å². The minimum Gasteiger partial charge on any atom is -0.493 e. The van der Waals surface area contributed by atoms with Crippen molar-refractivity contribution in [1.29, 1.82) is 0 Å². The summed E-state index contributed by atoms with van der Waals surface area (Å²) in [6.07, 6.45) is 4.19. The van der Waals surface area contributed by atoms with Crippen LogP contribution in [0.2, 0.25) is 0 Å². The van der Waals surface area contributed by atoms with Crippen LogP contribution in [-0.4, -0.2) is 37.4 Å². The predicted octanol–water partition coefficient (Wildman–Crippen LogP) is 5.43. The van der Waals surface area contributed by atoms with Gasteiger partial charge in [0.05, 0.1) is 18.4 Å². The van der Waals surface area contributed by atoms with Crippen molar-refractivity contribution >= 4 is 11.3 Å². The van der Waals surface area contributed by atoms with E-state index in [9.17, 15) is 0 Å². The number of fused-ring (bicyclic) bond motifs is 3. The second-order valence-electron chi connectivity index (χ2n) is 8.24. The first-order chi connectivity index (χ1) is 15.5. The summed E-state index contributed by atoms with van der Waals surface area (Å²) >= 11 is 1.66. The molecular formula is C24H25N5O2S. The Kier molecular flexibility index (Phi) is 5.38. The second-order valence-corrected chi connectivity index (χ2v) is 9.33. The van der Waals surface area contributed by atoms with E-state index >= 15 is 0 Å². The van der Waals surface area contributed by atoms with Crippen LogP contribution in [0.25, 0.3) is 33.2 Å². The molecule has 32 heavy (non-hydrogen) atoms. The van der Waals surface area contributed by atoms with Gasteiger partial charge >= 0.3 is 0 Å². The van der Waals surface area contributed by atoms with Gasteiger partial charge in [-0.15, -0.1) is 11.3 Å². The lowest BCUT2D eigenvalue weighted by Crippen LogP contribution is -2.07. The van der Waals surface area contributed by atoms with Crippen LogP contribution in [0.1, 0.15) is 38.6 Å². The van der Waals surface area contributed by atoms with Gasteiger partial charge in [0.2, 0.25) is 5.88 Å². The SMILES string of the molecule is CC(C)Oc1ncccc1-c1ccc2c(c1)-c1nc(-c3ncnn3C(C)C)sc1CCO2. The van der Waals surface area contributed by atoms with Gasteiger partial charge < -0.3 is 9.47 Å². The average Bonchev–Trinajstić information content (AvgIpc) is 3.38. The highest BCUT2D eigenvalue weighted by atomic mass is 32.1. The molecule has 1 aromatic carbocycles. The van der Waals surface area contributed by atoms with Gasteiger partial charge in [-0.05, 0) is 57.5 Å². The fourth-order valence-corrected chi connectivity index (χ4v) is 4.84. The average molecular weight is 448 g/mol. The zero-order valence-corrected chi connectivity index (χ0v) is 19.4. The number of thiazole rings is 1. The molecule has 4 aromatic rings. The summed E-state index contributed by atoms with van der Waals surface area (Å²) in [5.41, 5.74) is 3.90. The molecule has 7 nitrogen and oxygen atoms in total. The number of aromatic nitrogens is 5. The molecule has 0 aliphatic carbocycles. The number of hydrogen-bond donors (Lipinski definition) is 0. The molecular weight excluding hydrogens is 422 g/mol. The lowest BCUT2D eigenvalue weighted by Gasteiger charge is -2.14. The Hall–Kier alpha value is -3.26. The first-order valence-electron chi connectivity index (χ1n) is 10.8. The minimum atomic E-state index is 0.0406. The van der Waals surface area contributed by atoms with Gasteiger partial charge in [0.1, 0.15) is 12.1 Å². The van der Waals surface area contributed by atoms with Crippen LogP contribution in [0.3, 0.4) is 0 Å². The van der Waals surface area contributed by atoms with Crippen molar-refractivity contribution in [3.63, 3.8) is 0 Å². The maximum Gasteiger partial charge on any atom is 0.221 e. The number of hydrogen-bond acceptors (Lipinski definition) is 7. The van der Waals surface area contributed by atoms with Crippen molar-refractivity contribution in [2.45, 2.75) is 46.3 Å². The highest BCUT2D eigenvalue weighted by Crippen LogP contribution is 2.42. The largest absolute Gasteiger partial charge is 0.493 e. The summed E-state index contributed by atoms with van der Waals surface area (Å²) in [6.45, 7) is 8.81. The normalized spacial score (nSPS) is 12.9. The third-order valence-electron chi connectivity index (χ3n) is 5.20. The van der Waals surface area contributed by atoms with Crippen molar-refractivity contribution < 1.29 is 9.47 Å². The van der Waals surface area contributed by atoms with Crippen molar-refractivity contribution in [1.82, 2.24) is 24.7 Å². The fraction of sp³-hybridized carbons (Fsp3) is 0.333. The Morgan fingerprint density at radius 1 is 1.09 bits per heavy atom. The van der Waals surface area contributed by atoms with Gasteiger partial charge in [0, 0.05) is 34.7 Å². The topological polar surface area (TPSA) is 75.0 Å². The standard InChI is InChI=1S/C24H25N5O2S/c1-14(2)29-22(26-13-27-29)24-28-21-18-12-16(7-8-19(18)30-11-9-20(21)32-24)17-6-5-10-25-23(17)31-15(3)4/h5-8,10,12-15H,9,11H2,1-4H3. The van der Waals surface area contributed by atoms with Crippen LogP contribution in [0.4, 0.5) is 0 Å². The quantitative estimate of drug-likeness (QED) is 0.406. The summed E-state index contributed by atoms with van der Waals surface area (Å²) in [4.78, 5) is 15.1. The zero-order chi connectivity index (χ0) is 22.2. The van der Waals surface area contributed by atoms with Gasteiger partial charge in [-0.3, -0.25) is 0 Å². The Morgan fingerprint density at radius 3 is 2.78 bits per heavy atom. The molecule has 164 valence electrons. The van der Waals surface area contributed by atoms with Gasteiger partial charge in [-0.1, -0.05) is 6.07 Å². The third-order valence-corrected chi connectivity index (χ3v) is 6.31. The Morgan fingerprint density at radius 2 is 1.97 bits per heavy atom. The molecule has 0 N–H and O–H groups in total. The number of benzene rings is 1. The first-order valence-corrected chi connectivity index (χ1v) is 11.6. The predicted molar refractivity (Wildman–Crippen MR) is 125 cm³/mol. The van der Waals surface area contributed by atoms with Gasteiger partial charge in [0.15, 0.2) is 10.8 Å². The highest BCUT2D eigenvalue weighted by Gasteiger charge is 2.24. The van der Waals surface area contributed by atoms with Crippen LogP contribution in [0.5, 0.6) is 11.6 Å². The summed E-state index contributed by atoms with van der Waals surface area (Å²) < 4.78 is 13.9. The van der Waals surface area contributed by atoms with E-state index in [-0.39, 0.29) is 12.1 Å². The van der Waals surface area contributed by atoms with E-state index in [2.05, 4.69) is 41.0 Å². The van der Waals surface area contributed by atoms with Gasteiger partial charge in [-0.2, -0.15) is 5.10 Å². The van der Waals surface area contributed by atoms with Crippen LogP contribution in [-0.2, 0) is 6.42 Å². The number of ether oxygens (including phenoxy) is 2. The Bertz CT molecular complexity index is 1260. The molecule has 0 unspecified atom stereocenters. The highest BCUT2D eigenvalue weighted by molar-refractivity contribution is 7.15. The smallest absolute Gasteiger partial charge is 0.221 e. The van der Waals surface area contributed by atoms with Crippen molar-refractivity contribution in [2.75, 3.05) is 6.61 Å². The maximum absolute atomic E-state index is 6.05. The molecule has 4 heterocycles. The summed E-state index contributed by atoms with van der Waals surface area (Å²) in [5.74, 6) is 2.27. The molecule has 0 bridgehead atoms. The molecule has 0 amide bonds. The van der Waals surface area contributed by atoms with Crippen LogP contribution in [0, 0.1) is 0 Å². The molecule has 0 atom stereocenters. The van der Waals surface area contributed by atoms with E-state index in [4.69, 9.17) is 14.5 Å². The lowest BCUT2D eigenvalue weighted by molar-refractivity contribution is 0.234. The van der Waals surface area contributed by atoms with Gasteiger partial charge in [-0.25, -0.2) is 19.6 Å². The summed E-state index contributed by atoms with van der Waals surface area (Å²) in [6, 6.07) is 10.4. The molecule has 3 aromatic heterocycles. The molecule has 1 aliphatic heterocycles. The molecule has 0 saturated heterocycles. The second kappa shape index (κ2) is 8.35. The number of pyridine rings is 1. The third kappa shape index (κ3) is 3.75. The Labute approximate surface area is 191 Å². The molecule has 0 radical (unpaired) electrons. The molecule has 0 saturated carbocycles. The maximum atomic E-state index is 6.05. The molecule has 0 fully saturated rings. The minimum absolute atomic E-state index is 0.0406. The lowest BCUT2D eigenvalue weighted by atomic mass is 10.0. The Balaban J connectivity index is 1.62. The van der Waals surface area contributed by atoms with E-state index in [0.29, 0.717) is 12.5 Å². The van der Waals surface area contributed by atoms with Crippen molar-refractivity contribution in [3.8, 4) is 44.8 Å². The molecule has 5 rings (SSSR count). The van der Waals surface area contributed by atoms with Crippen LogP contribution >= 0.6 is 11.3 Å². The molecule has 8 heteroatoms. The van der Waals surface area contributed by atoms with E-state index in [1.165, 1.54) is 4.88 Å². The van der Waals surface area contributed by atoms with Crippen LogP contribution in [0.15, 0.2) is 42.9 Å². The first kappa shape index (κ1) is 20.6. The zero-order valence-electron chi connectivity index (χ0n) is 18.6. The van der Waals surface area contributed by atoms with E-state index in [1.54, 1.807) is 23.9 Å². The van der Waals surface area contributed by atoms with Crippen molar-refractivity contribution in [3.05, 3.63) is 47.7 Å². The number of rotatable bonds is 5. The monoisotopic (exact) mass is 447 g/mol. The van der Waals surface area contributed by atoms with Gasteiger partial charge in [0.25, 0.3) is 0 Å². The van der Waals surface area contributed by atoms with E-state index < -0.39 is 0 Å². The number of nitrogens with zero attached hydrogens (tertiary/aromatic N) is 5. The molecule has 1 aliphatic rings. The van der Waals surface area contributed by atoms with E-state index in [1.807, 2.05) is 36.7 Å². The molecule has 0 spiro atoms. The van der Waals surface area contributed by atoms with E-state index in [0.717, 1.165) is 45.4 Å². The summed E-state index contributed by atoms with van der Waals surface area (Å²) in [7, 11) is 0.